The van der Waals surface area contributed by atoms with Crippen LogP contribution in [0.3, 0.4) is 0 Å². The van der Waals surface area contributed by atoms with E-state index in [1.165, 1.54) is 11.8 Å². The smallest absolute Gasteiger partial charge is 0.230 e. The minimum absolute atomic E-state index is 0.116. The Kier molecular flexibility index (Phi) is 5.43. The Balaban J connectivity index is 2.39. The monoisotopic (exact) mass is 258 g/mol. The average molecular weight is 258 g/mol. The minimum atomic E-state index is -0.525. The number of amides is 1. The molecule has 1 aromatic rings. The topological polar surface area (TPSA) is 80.0 Å². The molecule has 1 aromatic heterocycles. The first-order valence-corrected chi connectivity index (χ1v) is 6.46. The van der Waals surface area contributed by atoms with E-state index in [-0.39, 0.29) is 24.2 Å². The molecular weight excluding hydrogens is 240 g/mol. The number of aliphatic hydroxyl groups excluding tert-OH is 1. The maximum Gasteiger partial charge on any atom is 0.230 e. The number of carbonyl (C=O) groups is 1. The van der Waals surface area contributed by atoms with Gasteiger partial charge >= 0.3 is 0 Å². The lowest BCUT2D eigenvalue weighted by Gasteiger charge is -2.09. The summed E-state index contributed by atoms with van der Waals surface area (Å²) in [6, 6.07) is 0.271. The van der Waals surface area contributed by atoms with Crippen LogP contribution in [0.1, 0.15) is 26.8 Å². The number of hydrogen-bond donors (Lipinski definition) is 2. The Labute approximate surface area is 105 Å². The largest absolute Gasteiger partial charge is 0.392 e. The van der Waals surface area contributed by atoms with Gasteiger partial charge < -0.3 is 15.0 Å². The van der Waals surface area contributed by atoms with E-state index in [0.29, 0.717) is 0 Å². The van der Waals surface area contributed by atoms with Crippen molar-refractivity contribution in [1.29, 1.82) is 0 Å². The molecule has 1 atom stereocenters. The molecule has 0 saturated heterocycles. The second kappa shape index (κ2) is 6.61. The molecule has 0 aliphatic rings. The second-order valence-electron chi connectivity index (χ2n) is 4.06. The van der Waals surface area contributed by atoms with Crippen LogP contribution in [0.2, 0.25) is 0 Å². The van der Waals surface area contributed by atoms with Gasteiger partial charge in [0.05, 0.1) is 11.9 Å². The maximum absolute atomic E-state index is 11.4. The molecule has 6 nitrogen and oxygen atoms in total. The normalized spacial score (nSPS) is 12.8. The third kappa shape index (κ3) is 4.74. The zero-order valence-corrected chi connectivity index (χ0v) is 11.1. The lowest BCUT2D eigenvalue weighted by atomic mass is 10.4. The third-order valence-corrected chi connectivity index (χ3v) is 2.98. The zero-order chi connectivity index (χ0) is 12.8. The van der Waals surface area contributed by atoms with Crippen molar-refractivity contribution in [3.63, 3.8) is 0 Å². The molecule has 0 spiro atoms. The van der Waals surface area contributed by atoms with E-state index in [1.54, 1.807) is 13.3 Å². The summed E-state index contributed by atoms with van der Waals surface area (Å²) < 4.78 is 1.91. The lowest BCUT2D eigenvalue weighted by molar-refractivity contribution is -0.118. The molecular formula is C10H18N4O2S. The molecule has 1 amide bonds. The molecule has 0 aromatic carbocycles. The van der Waals surface area contributed by atoms with Crippen LogP contribution in [0.5, 0.6) is 0 Å². The SMILES string of the molecule is CC(O)CNC(=O)CSc1nncn1C(C)C. The molecule has 1 rings (SSSR count). The van der Waals surface area contributed by atoms with Crippen LogP contribution >= 0.6 is 11.8 Å². The molecule has 0 fully saturated rings. The Morgan fingerprint density at radius 2 is 2.29 bits per heavy atom. The van der Waals surface area contributed by atoms with Gasteiger partial charge in [-0.05, 0) is 20.8 Å². The highest BCUT2D eigenvalue weighted by molar-refractivity contribution is 7.99. The molecule has 0 aliphatic carbocycles. The van der Waals surface area contributed by atoms with Crippen LogP contribution < -0.4 is 5.32 Å². The Hall–Kier alpha value is -1.08. The van der Waals surface area contributed by atoms with E-state index in [1.807, 2.05) is 18.4 Å². The van der Waals surface area contributed by atoms with Gasteiger partial charge in [0, 0.05) is 12.6 Å². The molecule has 0 radical (unpaired) electrons. The van der Waals surface area contributed by atoms with Crippen LogP contribution in [0, 0.1) is 0 Å². The Morgan fingerprint density at radius 1 is 1.59 bits per heavy atom. The summed E-state index contributed by atoms with van der Waals surface area (Å²) in [5.74, 6) is 0.159. The first-order valence-electron chi connectivity index (χ1n) is 5.47. The van der Waals surface area contributed by atoms with Gasteiger partial charge in [-0.3, -0.25) is 4.79 Å². The fourth-order valence-electron chi connectivity index (χ4n) is 1.13. The van der Waals surface area contributed by atoms with E-state index in [9.17, 15) is 4.79 Å². The van der Waals surface area contributed by atoms with Gasteiger partial charge in [-0.2, -0.15) is 0 Å². The quantitative estimate of drug-likeness (QED) is 0.724. The van der Waals surface area contributed by atoms with Crippen molar-refractivity contribution >= 4 is 17.7 Å². The summed E-state index contributed by atoms with van der Waals surface area (Å²) >= 11 is 1.34. The maximum atomic E-state index is 11.4. The number of nitrogens with zero attached hydrogens (tertiary/aromatic N) is 3. The van der Waals surface area contributed by atoms with Crippen molar-refractivity contribution in [2.45, 2.75) is 38.1 Å². The molecule has 0 bridgehead atoms. The van der Waals surface area contributed by atoms with Crippen LogP contribution in [0.15, 0.2) is 11.5 Å². The van der Waals surface area contributed by atoms with Crippen molar-refractivity contribution in [2.24, 2.45) is 0 Å². The van der Waals surface area contributed by atoms with E-state index < -0.39 is 6.10 Å². The number of aliphatic hydroxyl groups is 1. The Bertz CT molecular complexity index is 365. The van der Waals surface area contributed by atoms with Crippen molar-refractivity contribution in [3.05, 3.63) is 6.33 Å². The first kappa shape index (κ1) is 14.0. The fraction of sp³-hybridized carbons (Fsp3) is 0.700. The van der Waals surface area contributed by atoms with Crippen molar-refractivity contribution in [3.8, 4) is 0 Å². The fourth-order valence-corrected chi connectivity index (χ4v) is 2.01. The molecule has 2 N–H and O–H groups in total. The highest BCUT2D eigenvalue weighted by Gasteiger charge is 2.10. The van der Waals surface area contributed by atoms with E-state index in [2.05, 4.69) is 15.5 Å². The van der Waals surface area contributed by atoms with Gasteiger partial charge in [0.1, 0.15) is 6.33 Å². The summed E-state index contributed by atoms with van der Waals surface area (Å²) in [6.07, 6.45) is 1.13. The molecule has 1 heterocycles. The van der Waals surface area contributed by atoms with Crippen LogP contribution in [-0.2, 0) is 4.79 Å². The number of rotatable bonds is 6. The average Bonchev–Trinajstić information content (AvgIpc) is 2.71. The third-order valence-electron chi connectivity index (χ3n) is 2.02. The standard InChI is InChI=1S/C10H18N4O2S/c1-7(2)14-6-12-13-10(14)17-5-9(16)11-4-8(3)15/h6-8,15H,4-5H2,1-3H3,(H,11,16). The number of thioether (sulfide) groups is 1. The summed E-state index contributed by atoms with van der Waals surface area (Å²) in [6.45, 7) is 5.96. The van der Waals surface area contributed by atoms with Gasteiger partial charge in [-0.15, -0.1) is 10.2 Å². The van der Waals surface area contributed by atoms with Gasteiger partial charge in [0.2, 0.25) is 5.91 Å². The molecule has 17 heavy (non-hydrogen) atoms. The first-order chi connectivity index (χ1) is 8.00. The Morgan fingerprint density at radius 3 is 2.88 bits per heavy atom. The molecule has 1 unspecified atom stereocenters. The summed E-state index contributed by atoms with van der Waals surface area (Å²) in [5.41, 5.74) is 0. The van der Waals surface area contributed by atoms with Gasteiger partial charge in [-0.25, -0.2) is 0 Å². The second-order valence-corrected chi connectivity index (χ2v) is 5.00. The number of aromatic nitrogens is 3. The predicted octanol–water partition coefficient (Wildman–Crippen LogP) is 0.448. The van der Waals surface area contributed by atoms with Crippen LogP contribution in [-0.4, -0.2) is 44.2 Å². The molecule has 0 saturated carbocycles. The van der Waals surface area contributed by atoms with Crippen molar-refractivity contribution < 1.29 is 9.90 Å². The summed E-state index contributed by atoms with van der Waals surface area (Å²) in [5, 5.41) is 20.1. The van der Waals surface area contributed by atoms with E-state index in [0.717, 1.165) is 5.16 Å². The molecule has 96 valence electrons. The lowest BCUT2D eigenvalue weighted by Crippen LogP contribution is -2.31. The summed E-state index contributed by atoms with van der Waals surface area (Å²) in [7, 11) is 0. The van der Waals surface area contributed by atoms with Crippen molar-refractivity contribution in [1.82, 2.24) is 20.1 Å². The number of nitrogens with one attached hydrogen (secondary N) is 1. The van der Waals surface area contributed by atoms with Crippen LogP contribution in [0.4, 0.5) is 0 Å². The van der Waals surface area contributed by atoms with Gasteiger partial charge in [0.25, 0.3) is 0 Å². The van der Waals surface area contributed by atoms with E-state index in [4.69, 9.17) is 5.11 Å². The zero-order valence-electron chi connectivity index (χ0n) is 10.3. The van der Waals surface area contributed by atoms with E-state index >= 15 is 0 Å². The molecule has 0 aliphatic heterocycles. The van der Waals surface area contributed by atoms with Crippen molar-refractivity contribution in [2.75, 3.05) is 12.3 Å². The molecule has 7 heteroatoms. The highest BCUT2D eigenvalue weighted by atomic mass is 32.2. The summed E-state index contributed by atoms with van der Waals surface area (Å²) in [4.78, 5) is 11.4. The van der Waals surface area contributed by atoms with Gasteiger partial charge in [-0.1, -0.05) is 11.8 Å². The van der Waals surface area contributed by atoms with Gasteiger partial charge in [0.15, 0.2) is 5.16 Å². The van der Waals surface area contributed by atoms with Crippen LogP contribution in [0.25, 0.3) is 0 Å². The highest BCUT2D eigenvalue weighted by Crippen LogP contribution is 2.18. The number of hydrogen-bond acceptors (Lipinski definition) is 5. The number of carbonyl (C=O) groups excluding carboxylic acids is 1. The predicted molar refractivity (Wildman–Crippen MR) is 65.8 cm³/mol. The minimum Gasteiger partial charge on any atom is -0.392 e.